The largest absolute Gasteiger partial charge is 0.748 e. The van der Waals surface area contributed by atoms with Crippen molar-refractivity contribution < 1.29 is 17.1 Å². The summed E-state index contributed by atoms with van der Waals surface area (Å²) in [6, 6.07) is 26.4. The Kier molecular flexibility index (Phi) is 8.03. The molecule has 0 amide bonds. The number of halogens is 1. The molecule has 0 spiro atoms. The molecule has 0 unspecified atom stereocenters. The summed E-state index contributed by atoms with van der Waals surface area (Å²) < 4.78 is 2.98. The summed E-state index contributed by atoms with van der Waals surface area (Å²) in [4.78, 5) is 0. The van der Waals surface area contributed by atoms with Crippen molar-refractivity contribution >= 4 is 28.7 Å². The number of nitrogens with zero attached hydrogens (tertiary/aromatic N) is 3. The molecule has 0 fully saturated rings. The number of aromatic nitrogens is 3. The molecule has 0 saturated heterocycles. The van der Waals surface area contributed by atoms with E-state index in [-0.39, 0.29) is 17.1 Å². The summed E-state index contributed by atoms with van der Waals surface area (Å²) in [7, 11) is 0. The number of benzene rings is 1. The maximum Gasteiger partial charge on any atom is 0.0590 e. The average molecular weight is 495 g/mol. The van der Waals surface area contributed by atoms with Crippen LogP contribution in [0, 0.1) is 3.70 Å². The van der Waals surface area contributed by atoms with Gasteiger partial charge in [-0.1, -0.05) is 70.3 Å². The second kappa shape index (κ2) is 10.3. The van der Waals surface area contributed by atoms with E-state index < -0.39 is 0 Å². The van der Waals surface area contributed by atoms with E-state index in [1.165, 1.54) is 5.56 Å². The van der Waals surface area contributed by atoms with Gasteiger partial charge < -0.3 is 30.3 Å². The van der Waals surface area contributed by atoms with Gasteiger partial charge in [-0.15, -0.1) is 12.1 Å². The van der Waals surface area contributed by atoms with Crippen LogP contribution in [0.3, 0.4) is 0 Å². The molecule has 4 aromatic rings. The smallest absolute Gasteiger partial charge is 0.0590 e. The van der Waals surface area contributed by atoms with E-state index in [1.54, 1.807) is 0 Å². The zero-order chi connectivity index (χ0) is 17.5. The Labute approximate surface area is 178 Å². The molecule has 138 valence electrons. The summed E-state index contributed by atoms with van der Waals surface area (Å²) >= 11 is 2.30. The van der Waals surface area contributed by atoms with Crippen LogP contribution in [0.2, 0.25) is 0 Å². The first kappa shape index (κ1) is 20.4. The van der Waals surface area contributed by atoms with E-state index in [0.717, 1.165) is 27.1 Å². The molecule has 4 rings (SSSR count). The van der Waals surface area contributed by atoms with Crippen LogP contribution in [-0.2, 0) is 23.6 Å². The maximum absolute atomic E-state index is 4.28. The Bertz CT molecular complexity index is 874. The van der Waals surface area contributed by atoms with Crippen molar-refractivity contribution in [3.63, 3.8) is 0 Å². The quantitative estimate of drug-likeness (QED) is 0.217. The van der Waals surface area contributed by atoms with Gasteiger partial charge in [0, 0.05) is 22.8 Å². The molecule has 0 aliphatic carbocycles. The minimum Gasteiger partial charge on any atom is -0.748 e. The van der Waals surface area contributed by atoms with Gasteiger partial charge in [0.25, 0.3) is 0 Å². The van der Waals surface area contributed by atoms with Gasteiger partial charge in [-0.05, 0) is 11.1 Å². The van der Waals surface area contributed by atoms with Crippen molar-refractivity contribution in [1.82, 2.24) is 15.0 Å². The first-order chi connectivity index (χ1) is 12.3. The minimum atomic E-state index is 0. The van der Waals surface area contributed by atoms with Crippen molar-refractivity contribution in [2.24, 2.45) is 0 Å². The first-order valence-corrected chi connectivity index (χ1v) is 9.05. The van der Waals surface area contributed by atoms with Crippen molar-refractivity contribution in [2.75, 3.05) is 0 Å². The van der Waals surface area contributed by atoms with Crippen LogP contribution in [0.5, 0.6) is 0 Å². The van der Waals surface area contributed by atoms with Crippen LogP contribution in [0.15, 0.2) is 85.4 Å². The minimum absolute atomic E-state index is 0. The molecule has 3 nitrogen and oxygen atoms in total. The van der Waals surface area contributed by atoms with E-state index in [2.05, 4.69) is 75.9 Å². The molecule has 5 heteroatoms. The zero-order valence-corrected chi connectivity index (χ0v) is 17.3. The van der Waals surface area contributed by atoms with Gasteiger partial charge >= 0.3 is 0 Å². The maximum atomic E-state index is 4.28. The number of rotatable bonds is 4. The number of hydrogen-bond donors (Lipinski definition) is 0. The third kappa shape index (κ3) is 5.27. The van der Waals surface area contributed by atoms with Crippen LogP contribution in [0.4, 0.5) is 0 Å². The predicted molar refractivity (Wildman–Crippen MR) is 111 cm³/mol. The van der Waals surface area contributed by atoms with E-state index in [9.17, 15) is 0 Å². The Hall–Kier alpha value is -1.95. The third-order valence-electron chi connectivity index (χ3n) is 3.71. The average Bonchev–Trinajstić information content (AvgIpc) is 3.40. The Balaban J connectivity index is 0.000000351. The summed E-state index contributed by atoms with van der Waals surface area (Å²) in [5.41, 5.74) is 4.38. The molecule has 0 atom stereocenters. The van der Waals surface area contributed by atoms with Crippen LogP contribution in [-0.4, -0.2) is 15.0 Å². The molecule has 1 heterocycles. The molecule has 0 radical (unpaired) electrons. The van der Waals surface area contributed by atoms with Gasteiger partial charge in [-0.2, -0.15) is 17.2 Å². The second-order valence-corrected chi connectivity index (χ2v) is 6.49. The molecule has 0 aliphatic heterocycles. The SMILES string of the molecule is C=Cc1ccc(Cn2nnc(-[c-]3cccc3)c2I)cc1.[Fe].[cH-]1[cH-][cH-][cH-][cH-]1. The van der Waals surface area contributed by atoms with Gasteiger partial charge in [0.15, 0.2) is 0 Å². The van der Waals surface area contributed by atoms with Gasteiger partial charge in [-0.3, -0.25) is 4.68 Å². The van der Waals surface area contributed by atoms with Crippen molar-refractivity contribution in [3.8, 4) is 11.3 Å². The van der Waals surface area contributed by atoms with E-state index in [1.807, 2.05) is 53.2 Å². The molecule has 26 heavy (non-hydrogen) atoms. The van der Waals surface area contributed by atoms with Crippen molar-refractivity contribution in [1.29, 1.82) is 0 Å². The summed E-state index contributed by atoms with van der Waals surface area (Å²) in [5, 5.41) is 8.53. The van der Waals surface area contributed by atoms with Gasteiger partial charge in [0.2, 0.25) is 0 Å². The van der Waals surface area contributed by atoms with Crippen LogP contribution in [0.1, 0.15) is 11.1 Å². The number of hydrogen-bond acceptors (Lipinski definition) is 2. The fourth-order valence-corrected chi connectivity index (χ4v) is 3.05. The van der Waals surface area contributed by atoms with Gasteiger partial charge in [0.05, 0.1) is 10.2 Å². The topological polar surface area (TPSA) is 30.7 Å². The summed E-state index contributed by atoms with van der Waals surface area (Å²) in [5.74, 6) is 0. The zero-order valence-electron chi connectivity index (χ0n) is 14.1. The monoisotopic (exact) mass is 495 g/mol. The van der Waals surface area contributed by atoms with Crippen LogP contribution >= 0.6 is 22.6 Å². The normalized spacial score (nSPS) is 9.73. The fourth-order valence-electron chi connectivity index (χ4n) is 2.36. The Morgan fingerprint density at radius 2 is 1.62 bits per heavy atom. The molecule has 0 aliphatic rings. The molecule has 3 aromatic carbocycles. The van der Waals surface area contributed by atoms with Gasteiger partial charge in [0.1, 0.15) is 0 Å². The Morgan fingerprint density at radius 1 is 1.04 bits per heavy atom. The fraction of sp³-hybridized carbons (Fsp3) is 0.0476. The molecular weight excluding hydrogens is 477 g/mol. The first-order valence-electron chi connectivity index (χ1n) is 7.97. The standard InChI is InChI=1S/C16H13IN3.C5H5.Fe/c1-2-12-7-9-13(10-8-12)11-20-16(17)15(18-19-20)14-5-3-4-6-14;1-2-4-5-3-1;/h2-10H,1,11H2;1-5H;/q-1;-5;. The van der Waals surface area contributed by atoms with Crippen molar-refractivity contribution in [2.45, 2.75) is 6.54 Å². The molecular formula is C21H18FeIN3-6. The molecule has 0 saturated carbocycles. The molecule has 0 N–H and O–H groups in total. The van der Waals surface area contributed by atoms with Gasteiger partial charge in [-0.25, -0.2) is 0 Å². The van der Waals surface area contributed by atoms with E-state index in [0.29, 0.717) is 0 Å². The molecule has 0 bridgehead atoms. The van der Waals surface area contributed by atoms with E-state index >= 15 is 0 Å². The molecule has 1 aromatic heterocycles. The summed E-state index contributed by atoms with van der Waals surface area (Å²) in [6.07, 6.45) is 1.84. The summed E-state index contributed by atoms with van der Waals surface area (Å²) in [6.45, 7) is 4.49. The van der Waals surface area contributed by atoms with Crippen LogP contribution in [0.25, 0.3) is 17.3 Å². The van der Waals surface area contributed by atoms with Crippen molar-refractivity contribution in [3.05, 3.63) is 100 Å². The Morgan fingerprint density at radius 3 is 2.15 bits per heavy atom. The second-order valence-electron chi connectivity index (χ2n) is 5.47. The van der Waals surface area contributed by atoms with E-state index in [4.69, 9.17) is 0 Å². The van der Waals surface area contributed by atoms with Crippen LogP contribution < -0.4 is 0 Å². The predicted octanol–water partition coefficient (Wildman–Crippen LogP) is 5.36. The third-order valence-corrected chi connectivity index (χ3v) is 4.78.